The molecule has 0 amide bonds. The fourth-order valence-electron chi connectivity index (χ4n) is 0.689. The molecule has 0 spiro atoms. The first-order valence-electron chi connectivity index (χ1n) is 4.03. The summed E-state index contributed by atoms with van der Waals surface area (Å²) in [6.07, 6.45) is 8.21. The van der Waals surface area contributed by atoms with Crippen LogP contribution in [0.2, 0.25) is 0 Å². The van der Waals surface area contributed by atoms with Gasteiger partial charge in [-0.3, -0.25) is 0 Å². The summed E-state index contributed by atoms with van der Waals surface area (Å²) in [6, 6.07) is 0. The van der Waals surface area contributed by atoms with Crippen LogP contribution in [0.5, 0.6) is 0 Å². The molecular weight excluding hydrogens is 96.1 g/mol. The molecule has 0 nitrogen and oxygen atoms in total. The van der Waals surface area contributed by atoms with E-state index in [1.165, 1.54) is 32.2 Å². The second-order valence-electron chi connectivity index (χ2n) is 2.09. The van der Waals surface area contributed by atoms with Crippen molar-refractivity contribution in [3.8, 4) is 0 Å². The van der Waals surface area contributed by atoms with E-state index in [2.05, 4.69) is 6.92 Å². The molecule has 0 saturated heterocycles. The molecule has 0 aliphatic rings. The van der Waals surface area contributed by atoms with Gasteiger partial charge < -0.3 is 0 Å². The first-order valence-corrected chi connectivity index (χ1v) is 3.45. The summed E-state index contributed by atoms with van der Waals surface area (Å²) in [5.74, 6) is 0. The number of hydrogen-bond donors (Lipinski definition) is 0. The van der Waals surface area contributed by atoms with Crippen molar-refractivity contribution >= 4 is 0 Å². The second kappa shape index (κ2) is 6.74. The highest BCUT2D eigenvalue weighted by Gasteiger charge is 1.81. The molecule has 0 aromatic rings. The van der Waals surface area contributed by atoms with Gasteiger partial charge in [0.05, 0.1) is 1.37 Å². The Hall–Kier alpha value is -0.260. The minimum Gasteiger partial charge on any atom is -0.103 e. The maximum absolute atomic E-state index is 6.70. The van der Waals surface area contributed by atoms with Gasteiger partial charge in [0.1, 0.15) is 0 Å². The Labute approximate surface area is 54.0 Å². The summed E-state index contributed by atoms with van der Waals surface area (Å²) < 4.78 is 6.70. The molecule has 0 saturated carbocycles. The molecule has 0 bridgehead atoms. The number of hydrogen-bond acceptors (Lipinski definition) is 0. The third kappa shape index (κ3) is 5.74. The van der Waals surface area contributed by atoms with E-state index < -0.39 is 0 Å². The van der Waals surface area contributed by atoms with Crippen molar-refractivity contribution in [2.45, 2.75) is 39.0 Å². The normalized spacial score (nSPS) is 12.4. The van der Waals surface area contributed by atoms with E-state index >= 15 is 0 Å². The SMILES string of the molecule is [2H]/C=C/CCCCCC. The Morgan fingerprint density at radius 2 is 2.38 bits per heavy atom. The zero-order valence-electron chi connectivity index (χ0n) is 6.69. The van der Waals surface area contributed by atoms with Gasteiger partial charge in [-0.15, -0.1) is 6.55 Å². The fourth-order valence-corrected chi connectivity index (χ4v) is 0.689. The highest BCUT2D eigenvalue weighted by molar-refractivity contribution is 4.64. The third-order valence-electron chi connectivity index (χ3n) is 1.22. The summed E-state index contributed by atoms with van der Waals surface area (Å²) in [7, 11) is 0. The maximum Gasteiger partial charge on any atom is 0.0534 e. The van der Waals surface area contributed by atoms with Gasteiger partial charge in [0, 0.05) is 0 Å². The minimum atomic E-state index is 1.09. The third-order valence-corrected chi connectivity index (χ3v) is 1.22. The molecule has 0 radical (unpaired) electrons. The van der Waals surface area contributed by atoms with Crippen molar-refractivity contribution in [2.24, 2.45) is 0 Å². The molecule has 0 atom stereocenters. The lowest BCUT2D eigenvalue weighted by Crippen LogP contribution is -1.71. The van der Waals surface area contributed by atoms with Gasteiger partial charge in [-0.05, 0) is 12.8 Å². The van der Waals surface area contributed by atoms with Crippen LogP contribution in [-0.2, 0) is 0 Å². The Bertz CT molecular complexity index is 67.0. The van der Waals surface area contributed by atoms with Crippen molar-refractivity contribution in [3.05, 3.63) is 12.6 Å². The van der Waals surface area contributed by atoms with E-state index in [-0.39, 0.29) is 0 Å². The largest absolute Gasteiger partial charge is 0.103 e. The Morgan fingerprint density at radius 3 is 3.00 bits per heavy atom. The number of unbranched alkanes of at least 4 members (excludes halogenated alkanes) is 4. The molecule has 8 heavy (non-hydrogen) atoms. The molecular formula is C8H16. The quantitative estimate of drug-likeness (QED) is 0.379. The zero-order valence-corrected chi connectivity index (χ0v) is 5.69. The number of allylic oxidation sites excluding steroid dienone is 1. The van der Waals surface area contributed by atoms with Gasteiger partial charge >= 0.3 is 0 Å². The molecule has 0 fully saturated rings. The van der Waals surface area contributed by atoms with Crippen LogP contribution in [0, 0.1) is 0 Å². The Balaban J connectivity index is 2.75. The summed E-state index contributed by atoms with van der Waals surface area (Å²) in [4.78, 5) is 0. The van der Waals surface area contributed by atoms with E-state index in [1.807, 2.05) is 6.08 Å². The van der Waals surface area contributed by atoms with Gasteiger partial charge in [-0.1, -0.05) is 32.3 Å². The van der Waals surface area contributed by atoms with Crippen molar-refractivity contribution in [3.63, 3.8) is 0 Å². The molecule has 0 unspecified atom stereocenters. The molecule has 0 N–H and O–H groups in total. The van der Waals surface area contributed by atoms with Crippen molar-refractivity contribution in [1.29, 1.82) is 0 Å². The standard InChI is InChI=1S/C8H16/c1-3-5-7-8-6-4-2/h3H,1,4-8H2,2H3/i1D/b3-1+. The van der Waals surface area contributed by atoms with E-state index in [4.69, 9.17) is 1.37 Å². The van der Waals surface area contributed by atoms with Crippen molar-refractivity contribution < 1.29 is 1.37 Å². The highest BCUT2D eigenvalue weighted by Crippen LogP contribution is 2.01. The summed E-state index contributed by atoms with van der Waals surface area (Å²) in [5.41, 5.74) is 0. The summed E-state index contributed by atoms with van der Waals surface area (Å²) >= 11 is 0. The van der Waals surface area contributed by atoms with E-state index in [0.29, 0.717) is 0 Å². The van der Waals surface area contributed by atoms with Gasteiger partial charge in [-0.2, -0.15) is 0 Å². The summed E-state index contributed by atoms with van der Waals surface area (Å²) in [5, 5.41) is 0. The smallest absolute Gasteiger partial charge is 0.0534 e. The van der Waals surface area contributed by atoms with Crippen LogP contribution in [-0.4, -0.2) is 0 Å². The van der Waals surface area contributed by atoms with E-state index in [0.717, 1.165) is 6.42 Å². The van der Waals surface area contributed by atoms with Gasteiger partial charge in [0.2, 0.25) is 0 Å². The van der Waals surface area contributed by atoms with Crippen LogP contribution >= 0.6 is 0 Å². The van der Waals surface area contributed by atoms with Crippen molar-refractivity contribution in [2.75, 3.05) is 0 Å². The predicted octanol–water partition coefficient (Wildman–Crippen LogP) is 3.14. The first kappa shape index (κ1) is 5.87. The maximum atomic E-state index is 6.70. The van der Waals surface area contributed by atoms with E-state index in [9.17, 15) is 0 Å². The Morgan fingerprint density at radius 1 is 1.50 bits per heavy atom. The van der Waals surface area contributed by atoms with Crippen LogP contribution in [0.25, 0.3) is 0 Å². The Kier molecular flexibility index (Phi) is 4.94. The highest BCUT2D eigenvalue weighted by atomic mass is 13.9. The molecule has 0 aromatic carbocycles. The molecule has 0 heteroatoms. The lowest BCUT2D eigenvalue weighted by molar-refractivity contribution is 0.675. The molecule has 0 aliphatic heterocycles. The minimum absolute atomic E-state index is 1.09. The second-order valence-corrected chi connectivity index (χ2v) is 2.09. The van der Waals surface area contributed by atoms with E-state index in [1.54, 1.807) is 0 Å². The van der Waals surface area contributed by atoms with Crippen LogP contribution in [0.4, 0.5) is 0 Å². The lowest BCUT2D eigenvalue weighted by atomic mass is 10.2. The first-order chi connectivity index (χ1) is 4.41. The molecule has 0 aromatic heterocycles. The van der Waals surface area contributed by atoms with Crippen LogP contribution in [0.1, 0.15) is 40.4 Å². The average molecular weight is 113 g/mol. The van der Waals surface area contributed by atoms with Gasteiger partial charge in [-0.25, -0.2) is 0 Å². The molecule has 0 heterocycles. The predicted molar refractivity (Wildman–Crippen MR) is 39.0 cm³/mol. The number of rotatable bonds is 5. The zero-order chi connectivity index (χ0) is 6.95. The van der Waals surface area contributed by atoms with Crippen LogP contribution in [0.15, 0.2) is 12.6 Å². The molecule has 0 aliphatic carbocycles. The van der Waals surface area contributed by atoms with Gasteiger partial charge in [0.15, 0.2) is 0 Å². The monoisotopic (exact) mass is 113 g/mol. The van der Waals surface area contributed by atoms with Crippen molar-refractivity contribution in [1.82, 2.24) is 0 Å². The average Bonchev–Trinajstić information content (AvgIpc) is 1.89. The topological polar surface area (TPSA) is 0 Å². The fraction of sp³-hybridized carbons (Fsp3) is 0.750. The van der Waals surface area contributed by atoms with Crippen LogP contribution < -0.4 is 0 Å². The molecule has 0 rings (SSSR count). The van der Waals surface area contributed by atoms with Gasteiger partial charge in [0.25, 0.3) is 0 Å². The lowest BCUT2D eigenvalue weighted by Gasteiger charge is -1.91. The van der Waals surface area contributed by atoms with Crippen LogP contribution in [0.3, 0.4) is 0 Å². The summed E-state index contributed by atoms with van der Waals surface area (Å²) in [6.45, 7) is 3.59. The molecule has 48 valence electrons.